The summed E-state index contributed by atoms with van der Waals surface area (Å²) < 4.78 is 5.77. The van der Waals surface area contributed by atoms with Crippen LogP contribution in [-0.2, 0) is 13.2 Å². The van der Waals surface area contributed by atoms with Gasteiger partial charge in [-0.25, -0.2) is 4.98 Å². The molecule has 0 atom stereocenters. The van der Waals surface area contributed by atoms with Crippen LogP contribution in [0.2, 0.25) is 0 Å². The highest BCUT2D eigenvalue weighted by Gasteiger charge is 2.19. The van der Waals surface area contributed by atoms with E-state index >= 15 is 0 Å². The van der Waals surface area contributed by atoms with Gasteiger partial charge in [0.25, 0.3) is 0 Å². The molecule has 0 radical (unpaired) electrons. The Bertz CT molecular complexity index is 605. The van der Waals surface area contributed by atoms with E-state index in [0.717, 1.165) is 29.5 Å². The normalized spacial score (nSPS) is 11.9. The second-order valence-corrected chi connectivity index (χ2v) is 7.66. The summed E-state index contributed by atoms with van der Waals surface area (Å²) in [4.78, 5) is 6.63. The number of aryl methyl sites for hydroxylation is 1. The number of hydrogen-bond acceptors (Lipinski definition) is 5. The molecule has 0 aliphatic heterocycles. The van der Waals surface area contributed by atoms with E-state index in [9.17, 15) is 0 Å². The molecule has 4 nitrogen and oxygen atoms in total. The first kappa shape index (κ1) is 17.9. The molecular weight excluding hydrogens is 306 g/mol. The minimum absolute atomic E-state index is 0.148. The second-order valence-electron chi connectivity index (χ2n) is 6.60. The Morgan fingerprint density at radius 2 is 1.91 bits per heavy atom. The molecule has 0 saturated carbocycles. The summed E-state index contributed by atoms with van der Waals surface area (Å²) in [6, 6.07) is 8.26. The molecule has 126 valence electrons. The molecule has 5 heteroatoms. The zero-order valence-electron chi connectivity index (χ0n) is 14.7. The van der Waals surface area contributed by atoms with Crippen LogP contribution in [0.3, 0.4) is 0 Å². The summed E-state index contributed by atoms with van der Waals surface area (Å²) in [6.45, 7) is 8.81. The second kappa shape index (κ2) is 7.90. The fourth-order valence-corrected chi connectivity index (χ4v) is 2.60. The monoisotopic (exact) mass is 333 g/mol. The van der Waals surface area contributed by atoms with Gasteiger partial charge in [-0.05, 0) is 52.6 Å². The maximum absolute atomic E-state index is 5.77. The minimum Gasteiger partial charge on any atom is -0.487 e. The molecule has 23 heavy (non-hydrogen) atoms. The first-order valence-corrected chi connectivity index (χ1v) is 8.76. The van der Waals surface area contributed by atoms with E-state index in [-0.39, 0.29) is 5.54 Å². The Morgan fingerprint density at radius 1 is 1.22 bits per heavy atom. The van der Waals surface area contributed by atoms with E-state index in [1.54, 1.807) is 11.3 Å². The highest BCUT2D eigenvalue weighted by Crippen LogP contribution is 2.16. The van der Waals surface area contributed by atoms with Gasteiger partial charge >= 0.3 is 0 Å². The fourth-order valence-electron chi connectivity index (χ4n) is 2.01. The Balaban J connectivity index is 1.78. The van der Waals surface area contributed by atoms with E-state index in [0.29, 0.717) is 6.61 Å². The molecule has 1 aromatic carbocycles. The lowest BCUT2D eigenvalue weighted by Crippen LogP contribution is -2.46. The van der Waals surface area contributed by atoms with Crippen LogP contribution in [0.4, 0.5) is 0 Å². The van der Waals surface area contributed by atoms with Crippen molar-refractivity contribution in [1.29, 1.82) is 0 Å². The molecule has 0 saturated heterocycles. The van der Waals surface area contributed by atoms with Gasteiger partial charge in [0.15, 0.2) is 0 Å². The molecule has 1 aromatic heterocycles. The van der Waals surface area contributed by atoms with Crippen LogP contribution >= 0.6 is 11.3 Å². The molecule has 0 bridgehead atoms. The van der Waals surface area contributed by atoms with Crippen molar-refractivity contribution in [2.24, 2.45) is 0 Å². The number of likely N-dealkylation sites (N-methyl/N-ethyl adjacent to an activating group) is 1. The van der Waals surface area contributed by atoms with Gasteiger partial charge in [0.1, 0.15) is 12.4 Å². The van der Waals surface area contributed by atoms with Crippen molar-refractivity contribution in [1.82, 2.24) is 15.2 Å². The van der Waals surface area contributed by atoms with Crippen LogP contribution in [0, 0.1) is 6.92 Å². The summed E-state index contributed by atoms with van der Waals surface area (Å²) in [6.07, 6.45) is 0. The van der Waals surface area contributed by atoms with Gasteiger partial charge in [0.2, 0.25) is 0 Å². The van der Waals surface area contributed by atoms with Gasteiger partial charge in [-0.15, -0.1) is 11.3 Å². The van der Waals surface area contributed by atoms with Crippen LogP contribution in [0.25, 0.3) is 0 Å². The molecule has 0 amide bonds. The van der Waals surface area contributed by atoms with Gasteiger partial charge < -0.3 is 15.0 Å². The van der Waals surface area contributed by atoms with E-state index < -0.39 is 0 Å². The third-order valence-corrected chi connectivity index (χ3v) is 4.90. The lowest BCUT2D eigenvalue weighted by Gasteiger charge is -2.32. The number of rotatable bonds is 8. The highest BCUT2D eigenvalue weighted by molar-refractivity contribution is 7.09. The maximum atomic E-state index is 5.77. The van der Waals surface area contributed by atoms with Gasteiger partial charge in [-0.1, -0.05) is 12.1 Å². The van der Waals surface area contributed by atoms with Crippen molar-refractivity contribution in [3.05, 3.63) is 45.9 Å². The van der Waals surface area contributed by atoms with Gasteiger partial charge in [0, 0.05) is 24.0 Å². The van der Waals surface area contributed by atoms with Crippen LogP contribution in [0.15, 0.2) is 29.6 Å². The van der Waals surface area contributed by atoms with E-state index in [1.807, 2.05) is 24.4 Å². The number of thiazole rings is 1. The first-order valence-electron chi connectivity index (χ1n) is 7.88. The maximum Gasteiger partial charge on any atom is 0.131 e. The molecular formula is C18H27N3OS. The Labute approximate surface area is 143 Å². The number of nitrogens with zero attached hydrogens (tertiary/aromatic N) is 2. The molecule has 0 aliphatic carbocycles. The van der Waals surface area contributed by atoms with E-state index in [4.69, 9.17) is 4.74 Å². The van der Waals surface area contributed by atoms with Crippen LogP contribution < -0.4 is 10.1 Å². The first-order chi connectivity index (χ1) is 10.9. The number of hydrogen-bond donors (Lipinski definition) is 1. The molecule has 0 fully saturated rings. The summed E-state index contributed by atoms with van der Waals surface area (Å²) in [5.41, 5.74) is 2.40. The molecule has 0 unspecified atom stereocenters. The quantitative estimate of drug-likeness (QED) is 0.803. The lowest BCUT2D eigenvalue weighted by atomic mass is 10.0. The predicted octanol–water partition coefficient (Wildman–Crippen LogP) is 3.46. The molecule has 1 heterocycles. The number of aromatic nitrogens is 1. The van der Waals surface area contributed by atoms with Crippen molar-refractivity contribution in [3.8, 4) is 5.75 Å². The topological polar surface area (TPSA) is 37.4 Å². The standard InChI is InChI=1S/C18H27N3OS/c1-14-20-16(12-23-14)11-22-17-8-6-15(7-9-17)10-19-13-18(2,3)21(4)5/h6-9,12,19H,10-11,13H2,1-5H3. The average Bonchev–Trinajstić information content (AvgIpc) is 2.92. The van der Waals surface area contributed by atoms with Crippen molar-refractivity contribution in [2.75, 3.05) is 20.6 Å². The Morgan fingerprint density at radius 3 is 2.48 bits per heavy atom. The van der Waals surface area contributed by atoms with Gasteiger partial charge in [-0.3, -0.25) is 0 Å². The van der Waals surface area contributed by atoms with Crippen LogP contribution in [0.5, 0.6) is 5.75 Å². The van der Waals surface area contributed by atoms with Crippen LogP contribution in [-0.4, -0.2) is 36.1 Å². The third kappa shape index (κ3) is 5.61. The predicted molar refractivity (Wildman–Crippen MR) is 97.1 cm³/mol. The lowest BCUT2D eigenvalue weighted by molar-refractivity contribution is 0.190. The van der Waals surface area contributed by atoms with Crippen molar-refractivity contribution in [3.63, 3.8) is 0 Å². The van der Waals surface area contributed by atoms with Crippen molar-refractivity contribution in [2.45, 2.75) is 39.5 Å². The van der Waals surface area contributed by atoms with Crippen LogP contribution in [0.1, 0.15) is 30.1 Å². The third-order valence-electron chi connectivity index (χ3n) is 4.07. The SMILES string of the molecule is Cc1nc(COc2ccc(CNCC(C)(C)N(C)C)cc2)cs1. The highest BCUT2D eigenvalue weighted by atomic mass is 32.1. The summed E-state index contributed by atoms with van der Waals surface area (Å²) >= 11 is 1.65. The number of nitrogens with one attached hydrogen (secondary N) is 1. The summed E-state index contributed by atoms with van der Waals surface area (Å²) in [5.74, 6) is 0.882. The number of benzene rings is 1. The number of ether oxygens (including phenoxy) is 1. The average molecular weight is 334 g/mol. The zero-order chi connectivity index (χ0) is 16.9. The fraction of sp³-hybridized carbons (Fsp3) is 0.500. The summed E-state index contributed by atoms with van der Waals surface area (Å²) in [7, 11) is 4.22. The Hall–Kier alpha value is -1.43. The van der Waals surface area contributed by atoms with Gasteiger partial charge in [0.05, 0.1) is 10.7 Å². The smallest absolute Gasteiger partial charge is 0.131 e. The van der Waals surface area contributed by atoms with Gasteiger partial charge in [-0.2, -0.15) is 0 Å². The zero-order valence-corrected chi connectivity index (χ0v) is 15.5. The molecule has 0 aliphatic rings. The largest absolute Gasteiger partial charge is 0.487 e. The molecule has 2 rings (SSSR count). The Kier molecular flexibility index (Phi) is 6.16. The van der Waals surface area contributed by atoms with E-state index in [2.05, 4.69) is 55.3 Å². The molecule has 0 spiro atoms. The van der Waals surface area contributed by atoms with Crippen molar-refractivity contribution >= 4 is 11.3 Å². The molecule has 1 N–H and O–H groups in total. The minimum atomic E-state index is 0.148. The molecule has 2 aromatic rings. The summed E-state index contributed by atoms with van der Waals surface area (Å²) in [5, 5.41) is 6.63. The van der Waals surface area contributed by atoms with Crippen molar-refractivity contribution < 1.29 is 4.74 Å². The van der Waals surface area contributed by atoms with E-state index in [1.165, 1.54) is 5.56 Å².